The molecule has 0 bridgehead atoms. The number of anilines is 3. The molecule has 0 amide bonds. The molecule has 0 spiro atoms. The van der Waals surface area contributed by atoms with Crippen LogP contribution in [0.25, 0.3) is 11.3 Å². The lowest BCUT2D eigenvalue weighted by Crippen LogP contribution is -2.27. The number of rotatable bonds is 4. The summed E-state index contributed by atoms with van der Waals surface area (Å²) in [5.41, 5.74) is 1.73. The van der Waals surface area contributed by atoms with E-state index in [0.29, 0.717) is 16.8 Å². The van der Waals surface area contributed by atoms with E-state index in [1.54, 1.807) is 6.07 Å². The molecule has 0 radical (unpaired) electrons. The Bertz CT molecular complexity index is 907. The Balaban J connectivity index is 2.03. The molecule has 1 aromatic heterocycles. The zero-order valence-corrected chi connectivity index (χ0v) is 15.6. The molecule has 0 saturated heterocycles. The second-order valence-corrected chi connectivity index (χ2v) is 7.39. The summed E-state index contributed by atoms with van der Waals surface area (Å²) in [6.07, 6.45) is 0. The number of nitrogens with zero attached hydrogens (tertiary/aromatic N) is 2. The normalized spacial score (nSPS) is 11.3. The summed E-state index contributed by atoms with van der Waals surface area (Å²) in [5, 5.41) is 6.70. The molecule has 3 rings (SSSR count). The van der Waals surface area contributed by atoms with Crippen molar-refractivity contribution < 1.29 is 4.39 Å². The zero-order valence-electron chi connectivity index (χ0n) is 14.8. The summed E-state index contributed by atoms with van der Waals surface area (Å²) < 4.78 is 14.1. The maximum Gasteiger partial charge on any atom is 0.225 e. The highest BCUT2D eigenvalue weighted by Gasteiger charge is 2.14. The van der Waals surface area contributed by atoms with Crippen LogP contribution in [0.3, 0.4) is 0 Å². The molecule has 0 aliphatic heterocycles. The standard InChI is InChI=1S/C20H20ClFN4/c1-20(2,3)26-19-24-16(13-7-5-4-6-8-13)12-18(25-19)23-17-11-14(21)9-10-15(17)22/h4-12H,1-3H3,(H2,23,24,25,26). The average Bonchev–Trinajstić information content (AvgIpc) is 2.57. The fourth-order valence-electron chi connectivity index (χ4n) is 2.39. The predicted molar refractivity (Wildman–Crippen MR) is 106 cm³/mol. The lowest BCUT2D eigenvalue weighted by molar-refractivity contribution is 0.625. The van der Waals surface area contributed by atoms with E-state index < -0.39 is 5.82 Å². The van der Waals surface area contributed by atoms with Gasteiger partial charge in [-0.3, -0.25) is 0 Å². The minimum absolute atomic E-state index is 0.214. The Labute approximate surface area is 157 Å². The Kier molecular flexibility index (Phi) is 5.09. The van der Waals surface area contributed by atoms with Gasteiger partial charge in [-0.2, -0.15) is 4.98 Å². The Hall–Kier alpha value is -2.66. The number of hydrogen-bond acceptors (Lipinski definition) is 4. The molecule has 2 aromatic carbocycles. The van der Waals surface area contributed by atoms with Gasteiger partial charge in [-0.05, 0) is 39.0 Å². The van der Waals surface area contributed by atoms with Crippen LogP contribution in [-0.4, -0.2) is 15.5 Å². The van der Waals surface area contributed by atoms with Gasteiger partial charge in [0.2, 0.25) is 5.95 Å². The van der Waals surface area contributed by atoms with Gasteiger partial charge in [-0.1, -0.05) is 41.9 Å². The largest absolute Gasteiger partial charge is 0.350 e. The van der Waals surface area contributed by atoms with Crippen molar-refractivity contribution in [1.82, 2.24) is 9.97 Å². The summed E-state index contributed by atoms with van der Waals surface area (Å²) in [5.74, 6) is 0.537. The molecule has 26 heavy (non-hydrogen) atoms. The van der Waals surface area contributed by atoms with E-state index in [4.69, 9.17) is 11.6 Å². The van der Waals surface area contributed by atoms with Crippen molar-refractivity contribution in [2.45, 2.75) is 26.3 Å². The third kappa shape index (κ3) is 4.70. The first-order valence-corrected chi connectivity index (χ1v) is 8.63. The fraction of sp³-hybridized carbons (Fsp3) is 0.200. The molecule has 4 nitrogen and oxygen atoms in total. The second-order valence-electron chi connectivity index (χ2n) is 6.95. The van der Waals surface area contributed by atoms with E-state index in [0.717, 1.165) is 11.3 Å². The van der Waals surface area contributed by atoms with Crippen LogP contribution in [0.2, 0.25) is 5.02 Å². The van der Waals surface area contributed by atoms with Gasteiger partial charge in [0.1, 0.15) is 11.6 Å². The minimum atomic E-state index is -0.403. The number of hydrogen-bond donors (Lipinski definition) is 2. The molecular formula is C20H20ClFN4. The Morgan fingerprint density at radius 3 is 2.38 bits per heavy atom. The second kappa shape index (κ2) is 7.30. The molecular weight excluding hydrogens is 351 g/mol. The topological polar surface area (TPSA) is 49.8 Å². The first kappa shape index (κ1) is 18.1. The van der Waals surface area contributed by atoms with Crippen molar-refractivity contribution in [2.24, 2.45) is 0 Å². The molecule has 134 valence electrons. The third-order valence-corrected chi connectivity index (χ3v) is 3.71. The summed E-state index contributed by atoms with van der Waals surface area (Å²) in [7, 11) is 0. The van der Waals surface area contributed by atoms with E-state index in [1.165, 1.54) is 18.2 Å². The molecule has 0 aliphatic rings. The zero-order chi connectivity index (χ0) is 18.7. The number of nitrogens with one attached hydrogen (secondary N) is 2. The molecule has 0 fully saturated rings. The first-order chi connectivity index (χ1) is 12.3. The van der Waals surface area contributed by atoms with Crippen LogP contribution >= 0.6 is 11.6 Å². The van der Waals surface area contributed by atoms with Crippen LogP contribution in [0.1, 0.15) is 20.8 Å². The van der Waals surface area contributed by atoms with Crippen molar-refractivity contribution in [3.05, 3.63) is 65.4 Å². The van der Waals surface area contributed by atoms with Gasteiger partial charge in [-0.25, -0.2) is 9.37 Å². The van der Waals surface area contributed by atoms with Gasteiger partial charge in [-0.15, -0.1) is 0 Å². The van der Waals surface area contributed by atoms with Crippen LogP contribution in [0.4, 0.5) is 21.8 Å². The summed E-state index contributed by atoms with van der Waals surface area (Å²) in [6.45, 7) is 6.07. The highest BCUT2D eigenvalue weighted by molar-refractivity contribution is 6.30. The molecule has 0 aliphatic carbocycles. The van der Waals surface area contributed by atoms with Crippen LogP contribution in [0.15, 0.2) is 54.6 Å². The van der Waals surface area contributed by atoms with Gasteiger partial charge in [0.15, 0.2) is 0 Å². The van der Waals surface area contributed by atoms with Crippen LogP contribution in [0, 0.1) is 5.82 Å². The molecule has 3 aromatic rings. The number of halogens is 2. The highest BCUT2D eigenvalue weighted by atomic mass is 35.5. The maximum absolute atomic E-state index is 14.1. The molecule has 2 N–H and O–H groups in total. The molecule has 0 unspecified atom stereocenters. The summed E-state index contributed by atoms with van der Waals surface area (Å²) >= 11 is 5.98. The first-order valence-electron chi connectivity index (χ1n) is 8.25. The van der Waals surface area contributed by atoms with Gasteiger partial charge >= 0.3 is 0 Å². The van der Waals surface area contributed by atoms with Crippen LogP contribution in [0.5, 0.6) is 0 Å². The SMILES string of the molecule is CC(C)(C)Nc1nc(Nc2cc(Cl)ccc2F)cc(-c2ccccc2)n1. The smallest absolute Gasteiger partial charge is 0.225 e. The van der Waals surface area contributed by atoms with Crippen LogP contribution < -0.4 is 10.6 Å². The van der Waals surface area contributed by atoms with Gasteiger partial charge < -0.3 is 10.6 Å². The number of benzene rings is 2. The van der Waals surface area contributed by atoms with Gasteiger partial charge in [0, 0.05) is 22.2 Å². The summed E-state index contributed by atoms with van der Waals surface area (Å²) in [4.78, 5) is 9.06. The third-order valence-electron chi connectivity index (χ3n) is 3.47. The monoisotopic (exact) mass is 370 g/mol. The Morgan fingerprint density at radius 2 is 1.69 bits per heavy atom. The molecule has 6 heteroatoms. The molecule has 1 heterocycles. The van der Waals surface area contributed by atoms with Crippen molar-refractivity contribution in [3.8, 4) is 11.3 Å². The van der Waals surface area contributed by atoms with E-state index >= 15 is 0 Å². The fourth-order valence-corrected chi connectivity index (χ4v) is 2.56. The highest BCUT2D eigenvalue weighted by Crippen LogP contribution is 2.27. The lowest BCUT2D eigenvalue weighted by atomic mass is 10.1. The summed E-state index contributed by atoms with van der Waals surface area (Å²) in [6, 6.07) is 15.9. The Morgan fingerprint density at radius 1 is 0.962 bits per heavy atom. The van der Waals surface area contributed by atoms with E-state index in [2.05, 4.69) is 20.6 Å². The van der Waals surface area contributed by atoms with E-state index in [9.17, 15) is 4.39 Å². The lowest BCUT2D eigenvalue weighted by Gasteiger charge is -2.21. The number of aromatic nitrogens is 2. The van der Waals surface area contributed by atoms with Gasteiger partial charge in [0.25, 0.3) is 0 Å². The van der Waals surface area contributed by atoms with Crippen molar-refractivity contribution in [2.75, 3.05) is 10.6 Å². The quantitative estimate of drug-likeness (QED) is 0.601. The van der Waals surface area contributed by atoms with E-state index in [1.807, 2.05) is 51.1 Å². The average molecular weight is 371 g/mol. The van der Waals surface area contributed by atoms with Crippen molar-refractivity contribution in [1.29, 1.82) is 0 Å². The minimum Gasteiger partial charge on any atom is -0.350 e. The van der Waals surface area contributed by atoms with Crippen molar-refractivity contribution >= 4 is 29.1 Å². The maximum atomic E-state index is 14.1. The molecule has 0 atom stereocenters. The predicted octanol–water partition coefficient (Wildman–Crippen LogP) is 5.89. The van der Waals surface area contributed by atoms with E-state index in [-0.39, 0.29) is 11.2 Å². The van der Waals surface area contributed by atoms with Crippen molar-refractivity contribution in [3.63, 3.8) is 0 Å². The van der Waals surface area contributed by atoms with Gasteiger partial charge in [0.05, 0.1) is 11.4 Å². The van der Waals surface area contributed by atoms with Crippen LogP contribution in [-0.2, 0) is 0 Å². The molecule has 0 saturated carbocycles.